The van der Waals surface area contributed by atoms with E-state index >= 15 is 0 Å². The summed E-state index contributed by atoms with van der Waals surface area (Å²) in [7, 11) is -4.52. The molecule has 0 saturated carbocycles. The molecule has 3 rings (SSSR count). The lowest BCUT2D eigenvalue weighted by Crippen LogP contribution is -2.32. The van der Waals surface area contributed by atoms with Crippen molar-refractivity contribution in [1.29, 1.82) is 0 Å². The topological polar surface area (TPSA) is 85.7 Å². The fraction of sp³-hybridized carbons (Fsp3) is 0.118. The number of ketones is 1. The second-order valence-electron chi connectivity index (χ2n) is 5.60. The average molecular weight is 428 g/mol. The van der Waals surface area contributed by atoms with Gasteiger partial charge in [0.2, 0.25) is 0 Å². The number of alkyl halides is 3. The molecule has 6 nitrogen and oxygen atoms in total. The van der Waals surface area contributed by atoms with Gasteiger partial charge in [-0.25, -0.2) is 4.98 Å². The molecule has 28 heavy (non-hydrogen) atoms. The van der Waals surface area contributed by atoms with Crippen LogP contribution in [-0.2, 0) is 19.2 Å². The summed E-state index contributed by atoms with van der Waals surface area (Å²) in [6.45, 7) is 1.72. The third kappa shape index (κ3) is 4.20. The fourth-order valence-electron chi connectivity index (χ4n) is 2.12. The highest BCUT2D eigenvalue weighted by atomic mass is 32.2. The predicted molar refractivity (Wildman–Crippen MR) is 96.7 cm³/mol. The van der Waals surface area contributed by atoms with Crippen LogP contribution < -0.4 is 0 Å². The van der Waals surface area contributed by atoms with E-state index in [-0.39, 0.29) is 4.90 Å². The van der Waals surface area contributed by atoms with Gasteiger partial charge >= 0.3 is 16.3 Å². The van der Waals surface area contributed by atoms with Gasteiger partial charge in [0.1, 0.15) is 4.90 Å². The molecule has 3 aromatic rings. The average Bonchev–Trinajstić information content (AvgIpc) is 3.05. The zero-order chi connectivity index (χ0) is 20.5. The molecule has 0 bridgehead atoms. The number of thiazole rings is 1. The van der Waals surface area contributed by atoms with E-state index in [1.165, 1.54) is 30.3 Å². The van der Waals surface area contributed by atoms with E-state index in [1.54, 1.807) is 25.1 Å². The van der Waals surface area contributed by atoms with Crippen molar-refractivity contribution in [3.05, 3.63) is 59.1 Å². The number of oxime groups is 1. The predicted octanol–water partition coefficient (Wildman–Crippen LogP) is 3.85. The Kier molecular flexibility index (Phi) is 5.22. The molecule has 0 unspecified atom stereocenters. The number of carbonyl (C=O) groups is 1. The quantitative estimate of drug-likeness (QED) is 0.455. The number of aromatic nitrogens is 1. The Bertz CT molecular complexity index is 1130. The van der Waals surface area contributed by atoms with Gasteiger partial charge in [0.25, 0.3) is 5.78 Å². The normalized spacial score (nSPS) is 12.9. The number of para-hydroxylation sites is 1. The maximum atomic E-state index is 13.0. The van der Waals surface area contributed by atoms with E-state index in [2.05, 4.69) is 14.4 Å². The molecule has 0 saturated heterocycles. The third-order valence-electron chi connectivity index (χ3n) is 3.51. The molecule has 0 atom stereocenters. The SMILES string of the molecule is Cc1ccc(S(=O)(=O)O/N=C(\C(=O)C(F)(F)F)c2nc3ccccc3s2)cc1. The molecule has 146 valence electrons. The molecule has 11 heteroatoms. The van der Waals surface area contributed by atoms with E-state index in [4.69, 9.17) is 0 Å². The Morgan fingerprint density at radius 2 is 1.75 bits per heavy atom. The van der Waals surface area contributed by atoms with Gasteiger partial charge in [-0.1, -0.05) is 35.0 Å². The highest BCUT2D eigenvalue weighted by Gasteiger charge is 2.44. The highest BCUT2D eigenvalue weighted by Crippen LogP contribution is 2.26. The van der Waals surface area contributed by atoms with Gasteiger partial charge in [-0.05, 0) is 31.2 Å². The first-order valence-corrected chi connectivity index (χ1v) is 9.86. The molecule has 1 aromatic heterocycles. The largest absolute Gasteiger partial charge is 0.456 e. The van der Waals surface area contributed by atoms with Gasteiger partial charge in [-0.3, -0.25) is 9.08 Å². The molecule has 0 radical (unpaired) electrons. The number of Topliss-reactive ketones (excluding diaryl/α,β-unsaturated/α-hetero) is 1. The zero-order valence-corrected chi connectivity index (χ0v) is 15.7. The number of fused-ring (bicyclic) bond motifs is 1. The molecule has 0 fully saturated rings. The number of hydrogen-bond donors (Lipinski definition) is 0. The Hall–Kier alpha value is -2.79. The Labute approximate surface area is 161 Å². The van der Waals surface area contributed by atoms with Crippen LogP contribution in [0, 0.1) is 6.92 Å². The van der Waals surface area contributed by atoms with Crippen LogP contribution >= 0.6 is 11.3 Å². The van der Waals surface area contributed by atoms with Crippen molar-refractivity contribution in [3.8, 4) is 0 Å². The molecule has 0 spiro atoms. The number of nitrogens with zero attached hydrogens (tertiary/aromatic N) is 2. The number of halogens is 3. The summed E-state index contributed by atoms with van der Waals surface area (Å²) in [6, 6.07) is 11.8. The van der Waals surface area contributed by atoms with Crippen LogP contribution in [0.3, 0.4) is 0 Å². The van der Waals surface area contributed by atoms with Crippen molar-refractivity contribution in [1.82, 2.24) is 4.98 Å². The van der Waals surface area contributed by atoms with Crippen LogP contribution in [0.25, 0.3) is 10.2 Å². The van der Waals surface area contributed by atoms with Gasteiger partial charge in [-0.15, -0.1) is 11.3 Å². The first kappa shape index (κ1) is 20.0. The number of aryl methyl sites for hydroxylation is 1. The van der Waals surface area contributed by atoms with E-state index in [0.717, 1.165) is 16.9 Å². The maximum absolute atomic E-state index is 13.0. The minimum Gasteiger partial charge on any atom is -0.282 e. The minimum absolute atomic E-state index is 0.315. The van der Waals surface area contributed by atoms with Crippen LogP contribution in [0.1, 0.15) is 10.6 Å². The number of rotatable bonds is 5. The van der Waals surface area contributed by atoms with Crippen molar-refractivity contribution < 1.29 is 30.7 Å². The number of carbonyl (C=O) groups excluding carboxylic acids is 1. The molecule has 0 N–H and O–H groups in total. The summed E-state index contributed by atoms with van der Waals surface area (Å²) in [6.07, 6.45) is -5.28. The zero-order valence-electron chi connectivity index (χ0n) is 14.1. The molecule has 2 aromatic carbocycles. The van der Waals surface area contributed by atoms with E-state index in [9.17, 15) is 26.4 Å². The number of hydrogen-bond acceptors (Lipinski definition) is 7. The molecule has 0 aliphatic rings. The Morgan fingerprint density at radius 1 is 1.11 bits per heavy atom. The second-order valence-corrected chi connectivity index (χ2v) is 8.15. The summed E-state index contributed by atoms with van der Waals surface area (Å²) in [5.41, 5.74) is -0.124. The van der Waals surface area contributed by atoms with Crippen LogP contribution in [-0.4, -0.2) is 31.1 Å². The monoisotopic (exact) mass is 428 g/mol. The van der Waals surface area contributed by atoms with Crippen LogP contribution in [0.4, 0.5) is 13.2 Å². The summed E-state index contributed by atoms with van der Waals surface area (Å²) >= 11 is 0.761. The van der Waals surface area contributed by atoms with Crippen molar-refractivity contribution in [2.45, 2.75) is 18.0 Å². The molecule has 0 aliphatic heterocycles. The third-order valence-corrected chi connectivity index (χ3v) is 5.67. The van der Waals surface area contributed by atoms with Gasteiger partial charge in [0.05, 0.1) is 10.2 Å². The first-order chi connectivity index (χ1) is 13.1. The van der Waals surface area contributed by atoms with E-state index < -0.39 is 32.8 Å². The first-order valence-electron chi connectivity index (χ1n) is 7.64. The van der Waals surface area contributed by atoms with Crippen molar-refractivity contribution in [3.63, 3.8) is 0 Å². The van der Waals surface area contributed by atoms with E-state index in [0.29, 0.717) is 10.2 Å². The number of benzene rings is 2. The summed E-state index contributed by atoms with van der Waals surface area (Å²) < 4.78 is 68.2. The highest BCUT2D eigenvalue weighted by molar-refractivity contribution is 7.86. The molecule has 1 heterocycles. The van der Waals surface area contributed by atoms with Gasteiger partial charge in [0, 0.05) is 0 Å². The summed E-state index contributed by atoms with van der Waals surface area (Å²) in [5, 5.41) is 2.63. The standard InChI is InChI=1S/C17H11F3N2O4S2/c1-10-6-8-11(9-7-10)28(24,25)26-22-14(15(23)17(18,19)20)16-21-12-4-2-3-5-13(12)27-16/h2-9H,1H3/b22-14+. The van der Waals surface area contributed by atoms with Crippen molar-refractivity contribution >= 4 is 43.2 Å². The van der Waals surface area contributed by atoms with Gasteiger partial charge < -0.3 is 0 Å². The second kappa shape index (κ2) is 7.32. The van der Waals surface area contributed by atoms with Gasteiger partial charge in [0.15, 0.2) is 10.7 Å². The van der Waals surface area contributed by atoms with Crippen molar-refractivity contribution in [2.24, 2.45) is 5.16 Å². The Balaban J connectivity index is 2.03. The lowest BCUT2D eigenvalue weighted by atomic mass is 10.2. The van der Waals surface area contributed by atoms with Crippen LogP contribution in [0.5, 0.6) is 0 Å². The van der Waals surface area contributed by atoms with E-state index in [1.807, 2.05) is 0 Å². The lowest BCUT2D eigenvalue weighted by molar-refractivity contribution is -0.163. The minimum atomic E-state index is -5.28. The fourth-order valence-corrected chi connectivity index (χ4v) is 3.79. The van der Waals surface area contributed by atoms with Crippen LogP contribution in [0.15, 0.2) is 58.6 Å². The Morgan fingerprint density at radius 3 is 2.36 bits per heavy atom. The lowest BCUT2D eigenvalue weighted by Gasteiger charge is -2.07. The van der Waals surface area contributed by atoms with Crippen LogP contribution in [0.2, 0.25) is 0 Å². The van der Waals surface area contributed by atoms with Crippen molar-refractivity contribution in [2.75, 3.05) is 0 Å². The molecule has 0 aliphatic carbocycles. The molecular weight excluding hydrogens is 417 g/mol. The maximum Gasteiger partial charge on any atom is 0.456 e. The molecule has 0 amide bonds. The van der Waals surface area contributed by atoms with Gasteiger partial charge in [-0.2, -0.15) is 21.6 Å². The smallest absolute Gasteiger partial charge is 0.282 e. The molecular formula is C17H11F3N2O4S2. The summed E-state index contributed by atoms with van der Waals surface area (Å²) in [5.74, 6) is -2.36. The summed E-state index contributed by atoms with van der Waals surface area (Å²) in [4.78, 5) is 15.4.